The molecule has 0 radical (unpaired) electrons. The molecule has 0 N–H and O–H groups in total. The summed E-state index contributed by atoms with van der Waals surface area (Å²) in [5.41, 5.74) is 0.270. The second-order valence-corrected chi connectivity index (χ2v) is 3.04. The van der Waals surface area contributed by atoms with Gasteiger partial charge in [-0.3, -0.25) is 4.79 Å². The van der Waals surface area contributed by atoms with Crippen LogP contribution in [0.1, 0.15) is 30.6 Å². The van der Waals surface area contributed by atoms with Crippen molar-refractivity contribution in [3.05, 3.63) is 29.8 Å². The Morgan fingerprint density at radius 1 is 1.19 bits per heavy atom. The van der Waals surface area contributed by atoms with Gasteiger partial charge >= 0.3 is 11.9 Å². The molecule has 0 aliphatic rings. The zero-order valence-corrected chi connectivity index (χ0v) is 9.36. The number of carbonyl (C=O) groups is 2. The van der Waals surface area contributed by atoms with E-state index in [9.17, 15) is 9.59 Å². The molecule has 0 amide bonds. The Bertz CT molecular complexity index is 384. The molecule has 0 saturated heterocycles. The average Bonchev–Trinajstić information content (AvgIpc) is 2.30. The smallest absolute Gasteiger partial charge is 0.349 e. The normalized spacial score (nSPS) is 9.62. The van der Waals surface area contributed by atoms with Gasteiger partial charge in [-0.1, -0.05) is 19.1 Å². The summed E-state index contributed by atoms with van der Waals surface area (Å²) in [5, 5.41) is 0. The summed E-state index contributed by atoms with van der Waals surface area (Å²) in [6.07, 6.45) is 0.169. The van der Waals surface area contributed by atoms with Gasteiger partial charge < -0.3 is 9.47 Å². The second kappa shape index (κ2) is 5.90. The van der Waals surface area contributed by atoms with Crippen molar-refractivity contribution in [3.8, 4) is 5.75 Å². The molecule has 1 aromatic rings. The van der Waals surface area contributed by atoms with E-state index in [1.165, 1.54) is 0 Å². The molecule has 0 spiro atoms. The Morgan fingerprint density at radius 3 is 2.50 bits per heavy atom. The summed E-state index contributed by atoms with van der Waals surface area (Å²) in [7, 11) is 0. The van der Waals surface area contributed by atoms with Crippen LogP contribution in [-0.4, -0.2) is 18.5 Å². The summed E-state index contributed by atoms with van der Waals surface area (Å²) in [5.74, 6) is -0.786. The molecule has 16 heavy (non-hydrogen) atoms. The zero-order chi connectivity index (χ0) is 12.0. The number of hydrogen-bond donors (Lipinski definition) is 0. The number of para-hydroxylation sites is 1. The van der Waals surface area contributed by atoms with Gasteiger partial charge in [0.05, 0.1) is 6.61 Å². The molecule has 4 nitrogen and oxygen atoms in total. The minimum atomic E-state index is -0.670. The average molecular weight is 222 g/mol. The lowest BCUT2D eigenvalue weighted by Gasteiger charge is -2.08. The summed E-state index contributed by atoms with van der Waals surface area (Å²) in [6.45, 7) is 3.90. The lowest BCUT2D eigenvalue weighted by molar-refractivity contribution is -0.137. The first kappa shape index (κ1) is 12.2. The maximum absolute atomic E-state index is 11.6. The van der Waals surface area contributed by atoms with Crippen LogP contribution in [0.4, 0.5) is 0 Å². The van der Waals surface area contributed by atoms with E-state index in [0.717, 1.165) is 0 Å². The van der Waals surface area contributed by atoms with Crippen molar-refractivity contribution in [1.82, 2.24) is 0 Å². The van der Waals surface area contributed by atoms with Crippen LogP contribution in [0.25, 0.3) is 0 Å². The quantitative estimate of drug-likeness (QED) is 0.578. The van der Waals surface area contributed by atoms with Gasteiger partial charge in [0.1, 0.15) is 11.3 Å². The largest absolute Gasteiger partial charge is 0.493 e. The maximum atomic E-state index is 11.6. The molecule has 0 aliphatic heterocycles. The van der Waals surface area contributed by atoms with E-state index in [1.807, 2.05) is 6.92 Å². The highest BCUT2D eigenvalue weighted by atomic mass is 16.6. The van der Waals surface area contributed by atoms with Crippen LogP contribution in [-0.2, 0) is 9.53 Å². The lowest BCUT2D eigenvalue weighted by atomic mass is 10.2. The minimum Gasteiger partial charge on any atom is -0.493 e. The SMILES string of the molecule is CCOc1ccccc1C(=O)OC(=O)CC. The van der Waals surface area contributed by atoms with Crippen molar-refractivity contribution in [3.63, 3.8) is 0 Å². The third-order valence-electron chi connectivity index (χ3n) is 1.90. The molecule has 0 fully saturated rings. The molecule has 0 saturated carbocycles. The molecule has 0 atom stereocenters. The predicted molar refractivity (Wildman–Crippen MR) is 58.3 cm³/mol. The van der Waals surface area contributed by atoms with Gasteiger partial charge in [0, 0.05) is 6.42 Å². The third-order valence-corrected chi connectivity index (χ3v) is 1.90. The minimum absolute atomic E-state index is 0.169. The van der Waals surface area contributed by atoms with Crippen molar-refractivity contribution < 1.29 is 19.1 Å². The van der Waals surface area contributed by atoms with Crippen molar-refractivity contribution in [1.29, 1.82) is 0 Å². The number of carbonyl (C=O) groups excluding carboxylic acids is 2. The van der Waals surface area contributed by atoms with Gasteiger partial charge in [-0.2, -0.15) is 0 Å². The highest BCUT2D eigenvalue weighted by molar-refractivity contribution is 5.98. The fourth-order valence-corrected chi connectivity index (χ4v) is 1.15. The van der Waals surface area contributed by atoms with E-state index in [0.29, 0.717) is 12.4 Å². The number of hydrogen-bond acceptors (Lipinski definition) is 4. The molecule has 0 unspecified atom stereocenters. The van der Waals surface area contributed by atoms with Crippen LogP contribution in [0.3, 0.4) is 0 Å². The Morgan fingerprint density at radius 2 is 1.88 bits per heavy atom. The first-order valence-electron chi connectivity index (χ1n) is 5.15. The molecule has 0 heterocycles. The van der Waals surface area contributed by atoms with Crippen LogP contribution in [0.15, 0.2) is 24.3 Å². The maximum Gasteiger partial charge on any atom is 0.349 e. The molecule has 4 heteroatoms. The Balaban J connectivity index is 2.85. The predicted octanol–water partition coefficient (Wildman–Crippen LogP) is 2.18. The number of rotatable bonds is 4. The number of benzene rings is 1. The standard InChI is InChI=1S/C12H14O4/c1-3-11(13)16-12(14)9-7-5-6-8-10(9)15-4-2/h5-8H,3-4H2,1-2H3. The van der Waals surface area contributed by atoms with Crippen LogP contribution in [0, 0.1) is 0 Å². The van der Waals surface area contributed by atoms with Crippen molar-refractivity contribution in [2.45, 2.75) is 20.3 Å². The molecule has 0 bridgehead atoms. The van der Waals surface area contributed by atoms with E-state index in [1.54, 1.807) is 31.2 Å². The summed E-state index contributed by atoms with van der Waals surface area (Å²) in [4.78, 5) is 22.6. The van der Waals surface area contributed by atoms with Gasteiger partial charge in [-0.25, -0.2) is 4.79 Å². The summed E-state index contributed by atoms with van der Waals surface area (Å²) < 4.78 is 9.88. The number of ether oxygens (including phenoxy) is 2. The van der Waals surface area contributed by atoms with E-state index >= 15 is 0 Å². The molecule has 1 aromatic carbocycles. The van der Waals surface area contributed by atoms with Crippen molar-refractivity contribution in [2.75, 3.05) is 6.61 Å². The monoisotopic (exact) mass is 222 g/mol. The molecule has 0 aromatic heterocycles. The van der Waals surface area contributed by atoms with Crippen molar-refractivity contribution in [2.24, 2.45) is 0 Å². The first-order valence-corrected chi connectivity index (χ1v) is 5.15. The number of esters is 2. The van der Waals surface area contributed by atoms with Crippen LogP contribution in [0.5, 0.6) is 5.75 Å². The Hall–Kier alpha value is -1.84. The topological polar surface area (TPSA) is 52.6 Å². The third kappa shape index (κ3) is 3.08. The molecule has 1 rings (SSSR count). The second-order valence-electron chi connectivity index (χ2n) is 3.04. The summed E-state index contributed by atoms with van der Waals surface area (Å²) >= 11 is 0. The van der Waals surface area contributed by atoms with Gasteiger partial charge in [-0.15, -0.1) is 0 Å². The van der Waals surface area contributed by atoms with Gasteiger partial charge in [0.15, 0.2) is 0 Å². The lowest BCUT2D eigenvalue weighted by Crippen LogP contribution is -2.12. The zero-order valence-electron chi connectivity index (χ0n) is 9.36. The van der Waals surface area contributed by atoms with Crippen LogP contribution in [0.2, 0.25) is 0 Å². The van der Waals surface area contributed by atoms with Gasteiger partial charge in [-0.05, 0) is 19.1 Å². The van der Waals surface area contributed by atoms with Crippen LogP contribution >= 0.6 is 0 Å². The fourth-order valence-electron chi connectivity index (χ4n) is 1.15. The first-order chi connectivity index (χ1) is 7.69. The van der Waals surface area contributed by atoms with Crippen molar-refractivity contribution >= 4 is 11.9 Å². The molecular weight excluding hydrogens is 208 g/mol. The summed E-state index contributed by atoms with van der Waals surface area (Å²) in [6, 6.07) is 6.67. The van der Waals surface area contributed by atoms with Gasteiger partial charge in [0.25, 0.3) is 0 Å². The molecule has 0 aliphatic carbocycles. The van der Waals surface area contributed by atoms with Crippen LogP contribution < -0.4 is 4.74 Å². The van der Waals surface area contributed by atoms with E-state index in [4.69, 9.17) is 4.74 Å². The molecule has 86 valence electrons. The highest BCUT2D eigenvalue weighted by Crippen LogP contribution is 2.18. The van der Waals surface area contributed by atoms with E-state index in [2.05, 4.69) is 4.74 Å². The van der Waals surface area contributed by atoms with E-state index in [-0.39, 0.29) is 12.0 Å². The Labute approximate surface area is 94.2 Å². The van der Waals surface area contributed by atoms with Gasteiger partial charge in [0.2, 0.25) is 0 Å². The molecular formula is C12H14O4. The highest BCUT2D eigenvalue weighted by Gasteiger charge is 2.15. The van der Waals surface area contributed by atoms with E-state index < -0.39 is 11.9 Å². The Kier molecular flexibility index (Phi) is 4.51. The fraction of sp³-hybridized carbons (Fsp3) is 0.333.